The molecule has 1 unspecified atom stereocenters. The molecular formula is C15H13F4NO2. The van der Waals surface area contributed by atoms with Crippen LogP contribution in [0.1, 0.15) is 12.5 Å². The van der Waals surface area contributed by atoms with Gasteiger partial charge in [-0.15, -0.1) is 0 Å². The van der Waals surface area contributed by atoms with Crippen molar-refractivity contribution in [1.82, 2.24) is 0 Å². The predicted octanol–water partition coefficient (Wildman–Crippen LogP) is 3.21. The molecule has 1 N–H and O–H groups in total. The smallest absolute Gasteiger partial charge is 0.368 e. The van der Waals surface area contributed by atoms with Gasteiger partial charge in [0.05, 0.1) is 12.2 Å². The summed E-state index contributed by atoms with van der Waals surface area (Å²) in [5, 5.41) is 9.99. The second-order valence-corrected chi connectivity index (χ2v) is 4.84. The summed E-state index contributed by atoms with van der Waals surface area (Å²) in [6.07, 6.45) is -3.87. The molecule has 0 radical (unpaired) electrons. The molecule has 0 spiro atoms. The highest BCUT2D eigenvalue weighted by Gasteiger charge is 2.66. The molecule has 1 atom stereocenters. The Labute approximate surface area is 124 Å². The van der Waals surface area contributed by atoms with E-state index in [-0.39, 0.29) is 11.3 Å². The van der Waals surface area contributed by atoms with E-state index >= 15 is 0 Å². The third kappa shape index (κ3) is 2.21. The van der Waals surface area contributed by atoms with E-state index in [4.69, 9.17) is 0 Å². The van der Waals surface area contributed by atoms with Crippen molar-refractivity contribution >= 4 is 11.6 Å². The number of halogens is 4. The van der Waals surface area contributed by atoms with Crippen molar-refractivity contribution in [2.75, 3.05) is 11.4 Å². The number of hydrogen-bond acceptors (Lipinski definition) is 2. The SMILES string of the molecule is C=C(F)C(=CC)CN1C(=O)C(O)(C(F)(F)F)c2ccccc21. The van der Waals surface area contributed by atoms with E-state index < -0.39 is 35.6 Å². The number of allylic oxidation sites excluding steroid dienone is 1. The molecule has 1 aromatic carbocycles. The van der Waals surface area contributed by atoms with E-state index in [1.165, 1.54) is 31.2 Å². The number of amides is 1. The Morgan fingerprint density at radius 1 is 1.41 bits per heavy atom. The standard InChI is InChI=1S/C15H13F4NO2/c1-3-10(9(2)16)8-20-12-7-5-4-6-11(12)14(22,13(20)21)15(17,18)19/h3-7,22H,2,8H2,1H3. The number of hydrogen-bond donors (Lipinski definition) is 1. The molecule has 0 aliphatic carbocycles. The van der Waals surface area contributed by atoms with E-state index in [1.807, 2.05) is 0 Å². The first-order chi connectivity index (χ1) is 10.1. The first kappa shape index (κ1) is 16.2. The van der Waals surface area contributed by atoms with Crippen LogP contribution in [0.4, 0.5) is 23.2 Å². The number of carbonyl (C=O) groups excluding carboxylic acids is 1. The fourth-order valence-corrected chi connectivity index (χ4v) is 2.37. The summed E-state index contributed by atoms with van der Waals surface area (Å²) in [7, 11) is 0. The van der Waals surface area contributed by atoms with Gasteiger partial charge in [-0.1, -0.05) is 30.9 Å². The lowest BCUT2D eigenvalue weighted by Gasteiger charge is -2.25. The Morgan fingerprint density at radius 2 is 2.00 bits per heavy atom. The Bertz CT molecular complexity index is 666. The zero-order chi connectivity index (χ0) is 16.7. The molecule has 1 aliphatic heterocycles. The minimum atomic E-state index is -5.18. The molecule has 22 heavy (non-hydrogen) atoms. The van der Waals surface area contributed by atoms with Crippen molar-refractivity contribution in [2.24, 2.45) is 0 Å². The molecule has 0 aromatic heterocycles. The summed E-state index contributed by atoms with van der Waals surface area (Å²) < 4.78 is 52.9. The van der Waals surface area contributed by atoms with Gasteiger partial charge >= 0.3 is 6.18 Å². The monoisotopic (exact) mass is 315 g/mol. The van der Waals surface area contributed by atoms with Gasteiger partial charge in [0.25, 0.3) is 11.5 Å². The van der Waals surface area contributed by atoms with Gasteiger partial charge in [-0.05, 0) is 13.0 Å². The summed E-state index contributed by atoms with van der Waals surface area (Å²) in [4.78, 5) is 12.9. The van der Waals surface area contributed by atoms with Crippen LogP contribution < -0.4 is 4.90 Å². The minimum Gasteiger partial charge on any atom is -0.368 e. The number of rotatable bonds is 3. The van der Waals surface area contributed by atoms with Crippen LogP contribution in [0.15, 0.2) is 48.3 Å². The number of para-hydroxylation sites is 1. The van der Waals surface area contributed by atoms with Gasteiger partial charge in [0, 0.05) is 11.1 Å². The lowest BCUT2D eigenvalue weighted by Crippen LogP contribution is -2.51. The van der Waals surface area contributed by atoms with E-state index in [0.717, 1.165) is 6.07 Å². The second kappa shape index (κ2) is 5.24. The Hall–Kier alpha value is -2.15. The molecule has 1 aliphatic rings. The first-order valence-electron chi connectivity index (χ1n) is 6.35. The molecule has 3 nitrogen and oxygen atoms in total. The number of nitrogens with zero attached hydrogens (tertiary/aromatic N) is 1. The van der Waals surface area contributed by atoms with Crippen molar-refractivity contribution in [1.29, 1.82) is 0 Å². The summed E-state index contributed by atoms with van der Waals surface area (Å²) in [6.45, 7) is 4.11. The van der Waals surface area contributed by atoms with Gasteiger partial charge in [-0.2, -0.15) is 13.2 Å². The van der Waals surface area contributed by atoms with Crippen molar-refractivity contribution in [3.05, 3.63) is 53.9 Å². The fourth-order valence-electron chi connectivity index (χ4n) is 2.37. The van der Waals surface area contributed by atoms with Gasteiger partial charge in [-0.3, -0.25) is 4.79 Å². The van der Waals surface area contributed by atoms with Crippen LogP contribution in [0.3, 0.4) is 0 Å². The van der Waals surface area contributed by atoms with E-state index in [2.05, 4.69) is 6.58 Å². The maximum absolute atomic E-state index is 13.3. The number of benzene rings is 1. The van der Waals surface area contributed by atoms with Crippen molar-refractivity contribution in [3.8, 4) is 0 Å². The average Bonchev–Trinajstić information content (AvgIpc) is 2.66. The maximum atomic E-state index is 13.3. The van der Waals surface area contributed by atoms with Gasteiger partial charge in [0.15, 0.2) is 0 Å². The zero-order valence-corrected chi connectivity index (χ0v) is 11.6. The number of anilines is 1. The van der Waals surface area contributed by atoms with Crippen LogP contribution in [0.2, 0.25) is 0 Å². The van der Waals surface area contributed by atoms with Crippen molar-refractivity contribution in [2.45, 2.75) is 18.7 Å². The van der Waals surface area contributed by atoms with Crippen LogP contribution >= 0.6 is 0 Å². The first-order valence-corrected chi connectivity index (χ1v) is 6.35. The molecule has 7 heteroatoms. The lowest BCUT2D eigenvalue weighted by atomic mass is 9.95. The normalized spacial score (nSPS) is 22.0. The summed E-state index contributed by atoms with van der Waals surface area (Å²) in [5.74, 6) is -2.41. The Balaban J connectivity index is 2.56. The molecule has 0 saturated heterocycles. The fraction of sp³-hybridized carbons (Fsp3) is 0.267. The number of alkyl halides is 3. The average molecular weight is 315 g/mol. The second-order valence-electron chi connectivity index (χ2n) is 4.84. The van der Waals surface area contributed by atoms with Gasteiger partial charge < -0.3 is 10.0 Å². The van der Waals surface area contributed by atoms with Crippen molar-refractivity contribution < 1.29 is 27.5 Å². The lowest BCUT2D eigenvalue weighted by molar-refractivity contribution is -0.253. The highest BCUT2D eigenvalue weighted by molar-refractivity contribution is 6.07. The quantitative estimate of drug-likeness (QED) is 0.687. The van der Waals surface area contributed by atoms with E-state index in [1.54, 1.807) is 0 Å². The third-order valence-electron chi connectivity index (χ3n) is 3.57. The van der Waals surface area contributed by atoms with Crippen LogP contribution in [0, 0.1) is 0 Å². The molecule has 0 fully saturated rings. The Kier molecular flexibility index (Phi) is 3.87. The highest BCUT2D eigenvalue weighted by Crippen LogP contribution is 2.49. The van der Waals surface area contributed by atoms with E-state index in [9.17, 15) is 27.5 Å². The molecule has 0 bridgehead atoms. The zero-order valence-electron chi connectivity index (χ0n) is 11.6. The minimum absolute atomic E-state index is 0.0328. The summed E-state index contributed by atoms with van der Waals surface area (Å²) in [5.41, 5.74) is -4.32. The van der Waals surface area contributed by atoms with Crippen LogP contribution in [0.5, 0.6) is 0 Å². The van der Waals surface area contributed by atoms with Crippen LogP contribution in [-0.2, 0) is 10.4 Å². The molecule has 2 rings (SSSR count). The number of fused-ring (bicyclic) bond motifs is 1. The topological polar surface area (TPSA) is 40.5 Å². The van der Waals surface area contributed by atoms with Crippen LogP contribution in [0.25, 0.3) is 0 Å². The highest BCUT2D eigenvalue weighted by atomic mass is 19.4. The predicted molar refractivity (Wildman–Crippen MR) is 72.8 cm³/mol. The molecule has 118 valence electrons. The van der Waals surface area contributed by atoms with Crippen LogP contribution in [-0.4, -0.2) is 23.7 Å². The Morgan fingerprint density at radius 3 is 2.50 bits per heavy atom. The number of aliphatic hydroxyl groups is 1. The summed E-state index contributed by atoms with van der Waals surface area (Å²) >= 11 is 0. The summed E-state index contributed by atoms with van der Waals surface area (Å²) in [6, 6.07) is 5.02. The van der Waals surface area contributed by atoms with Gasteiger partial charge in [-0.25, -0.2) is 4.39 Å². The maximum Gasteiger partial charge on any atom is 0.430 e. The molecule has 0 saturated carbocycles. The molecule has 1 aromatic rings. The molecule has 1 heterocycles. The third-order valence-corrected chi connectivity index (χ3v) is 3.57. The van der Waals surface area contributed by atoms with Gasteiger partial charge in [0.2, 0.25) is 0 Å². The van der Waals surface area contributed by atoms with Gasteiger partial charge in [0.1, 0.15) is 5.83 Å². The molecular weight excluding hydrogens is 302 g/mol. The van der Waals surface area contributed by atoms with Crippen molar-refractivity contribution in [3.63, 3.8) is 0 Å². The largest absolute Gasteiger partial charge is 0.430 e. The van der Waals surface area contributed by atoms with E-state index in [0.29, 0.717) is 4.90 Å². The number of carbonyl (C=O) groups is 1. The molecule has 1 amide bonds.